The van der Waals surface area contributed by atoms with E-state index in [9.17, 15) is 4.79 Å². The molecule has 12 heavy (non-hydrogen) atoms. The fourth-order valence-corrected chi connectivity index (χ4v) is 1.35. The summed E-state index contributed by atoms with van der Waals surface area (Å²) in [6.07, 6.45) is 0. The van der Waals surface area contributed by atoms with E-state index in [2.05, 4.69) is 6.58 Å². The number of carbonyl (C=O) groups is 1. The molecule has 0 aromatic carbocycles. The molecule has 0 aliphatic carbocycles. The zero-order valence-electron chi connectivity index (χ0n) is 7.72. The summed E-state index contributed by atoms with van der Waals surface area (Å²) in [5.74, 6) is -0.271. The van der Waals surface area contributed by atoms with Crippen LogP contribution in [-0.4, -0.2) is 25.3 Å². The molecule has 0 aromatic rings. The van der Waals surface area contributed by atoms with E-state index in [-0.39, 0.29) is 11.9 Å². The molecule has 3 heteroatoms. The fraction of sp³-hybridized carbons (Fsp3) is 0.667. The van der Waals surface area contributed by atoms with Gasteiger partial charge in [0, 0.05) is 18.6 Å². The van der Waals surface area contributed by atoms with Gasteiger partial charge < -0.3 is 9.47 Å². The summed E-state index contributed by atoms with van der Waals surface area (Å²) in [5, 5.41) is 0. The largest absolute Gasteiger partial charge is 0.453 e. The molecule has 0 spiro atoms. The lowest BCUT2D eigenvalue weighted by atomic mass is 9.89. The standard InChI is InChI=1S/C9H14O3/c1-6-7(2)9(3,5-11-4)12-8(6)10/h7H,1,5H2,2-4H3. The molecule has 0 saturated carbocycles. The first-order valence-corrected chi connectivity index (χ1v) is 3.92. The number of hydrogen-bond acceptors (Lipinski definition) is 3. The van der Waals surface area contributed by atoms with Crippen molar-refractivity contribution in [1.29, 1.82) is 0 Å². The van der Waals surface area contributed by atoms with Crippen LogP contribution in [0, 0.1) is 5.92 Å². The van der Waals surface area contributed by atoms with E-state index in [0.29, 0.717) is 12.2 Å². The van der Waals surface area contributed by atoms with Crippen LogP contribution in [0.1, 0.15) is 13.8 Å². The maximum Gasteiger partial charge on any atom is 0.334 e. The molecule has 0 aromatic heterocycles. The Labute approximate surface area is 72.4 Å². The quantitative estimate of drug-likeness (QED) is 0.460. The molecule has 0 radical (unpaired) electrons. The van der Waals surface area contributed by atoms with Gasteiger partial charge in [-0.1, -0.05) is 13.5 Å². The van der Waals surface area contributed by atoms with Gasteiger partial charge in [-0.05, 0) is 6.92 Å². The summed E-state index contributed by atoms with van der Waals surface area (Å²) in [5.41, 5.74) is 0.0117. The molecule has 1 saturated heterocycles. The van der Waals surface area contributed by atoms with Crippen LogP contribution in [0.5, 0.6) is 0 Å². The van der Waals surface area contributed by atoms with Gasteiger partial charge in [0.2, 0.25) is 0 Å². The third-order valence-corrected chi connectivity index (χ3v) is 2.46. The summed E-state index contributed by atoms with van der Waals surface area (Å²) in [4.78, 5) is 11.1. The molecule has 1 aliphatic heterocycles. The Morgan fingerprint density at radius 2 is 2.33 bits per heavy atom. The topological polar surface area (TPSA) is 35.5 Å². The van der Waals surface area contributed by atoms with Gasteiger partial charge in [-0.3, -0.25) is 0 Å². The molecule has 2 atom stereocenters. The number of cyclic esters (lactones) is 1. The maximum atomic E-state index is 11.1. The molecule has 0 bridgehead atoms. The Bertz CT molecular complexity index is 222. The van der Waals surface area contributed by atoms with Gasteiger partial charge in [0.25, 0.3) is 0 Å². The van der Waals surface area contributed by atoms with E-state index in [0.717, 1.165) is 0 Å². The zero-order chi connectivity index (χ0) is 9.35. The highest BCUT2D eigenvalue weighted by atomic mass is 16.6. The lowest BCUT2D eigenvalue weighted by molar-refractivity contribution is -0.150. The smallest absolute Gasteiger partial charge is 0.334 e. The second-order valence-electron chi connectivity index (χ2n) is 3.38. The first kappa shape index (κ1) is 9.26. The molecule has 1 fully saturated rings. The van der Waals surface area contributed by atoms with Gasteiger partial charge in [0.15, 0.2) is 0 Å². The Hall–Kier alpha value is -0.830. The predicted molar refractivity (Wildman–Crippen MR) is 44.7 cm³/mol. The lowest BCUT2D eigenvalue weighted by Gasteiger charge is -2.25. The minimum atomic E-state index is -0.525. The molecule has 0 amide bonds. The molecular weight excluding hydrogens is 156 g/mol. The van der Waals surface area contributed by atoms with Crippen LogP contribution in [0.15, 0.2) is 12.2 Å². The van der Waals surface area contributed by atoms with Crippen molar-refractivity contribution < 1.29 is 14.3 Å². The fourth-order valence-electron chi connectivity index (χ4n) is 1.35. The third-order valence-electron chi connectivity index (χ3n) is 2.46. The van der Waals surface area contributed by atoms with Crippen LogP contribution in [-0.2, 0) is 14.3 Å². The van der Waals surface area contributed by atoms with Gasteiger partial charge in [0.05, 0.1) is 6.61 Å². The Balaban J connectivity index is 2.81. The highest BCUT2D eigenvalue weighted by Crippen LogP contribution is 2.35. The van der Waals surface area contributed by atoms with E-state index in [4.69, 9.17) is 9.47 Å². The first-order valence-electron chi connectivity index (χ1n) is 3.92. The second-order valence-corrected chi connectivity index (χ2v) is 3.38. The molecule has 0 N–H and O–H groups in total. The number of methoxy groups -OCH3 is 1. The average Bonchev–Trinajstić information content (AvgIpc) is 2.17. The van der Waals surface area contributed by atoms with Gasteiger partial charge >= 0.3 is 5.97 Å². The molecule has 2 unspecified atom stereocenters. The Kier molecular flexibility index (Phi) is 2.24. The highest BCUT2D eigenvalue weighted by molar-refractivity contribution is 5.91. The van der Waals surface area contributed by atoms with E-state index >= 15 is 0 Å². The van der Waals surface area contributed by atoms with Gasteiger partial charge in [-0.15, -0.1) is 0 Å². The van der Waals surface area contributed by atoms with Crippen molar-refractivity contribution in [2.24, 2.45) is 5.92 Å². The van der Waals surface area contributed by atoms with Crippen LogP contribution >= 0.6 is 0 Å². The van der Waals surface area contributed by atoms with Crippen LogP contribution in [0.2, 0.25) is 0 Å². The van der Waals surface area contributed by atoms with Crippen LogP contribution in [0.4, 0.5) is 0 Å². The van der Waals surface area contributed by atoms with Crippen molar-refractivity contribution >= 4 is 5.97 Å². The highest BCUT2D eigenvalue weighted by Gasteiger charge is 2.45. The first-order chi connectivity index (χ1) is 5.51. The van der Waals surface area contributed by atoms with Gasteiger partial charge in [-0.2, -0.15) is 0 Å². The molecule has 1 rings (SSSR count). The average molecular weight is 170 g/mol. The van der Waals surface area contributed by atoms with E-state index in [1.54, 1.807) is 7.11 Å². The molecule has 3 nitrogen and oxygen atoms in total. The van der Waals surface area contributed by atoms with Crippen molar-refractivity contribution in [2.75, 3.05) is 13.7 Å². The monoisotopic (exact) mass is 170 g/mol. The third kappa shape index (κ3) is 1.25. The summed E-state index contributed by atoms with van der Waals surface area (Å²) >= 11 is 0. The van der Waals surface area contributed by atoms with Crippen LogP contribution < -0.4 is 0 Å². The minimum Gasteiger partial charge on any atom is -0.453 e. The lowest BCUT2D eigenvalue weighted by Crippen LogP contribution is -2.35. The number of rotatable bonds is 2. The van der Waals surface area contributed by atoms with E-state index in [1.165, 1.54) is 0 Å². The molecule has 1 aliphatic rings. The minimum absolute atomic E-state index is 0.0324. The number of hydrogen-bond donors (Lipinski definition) is 0. The summed E-state index contributed by atoms with van der Waals surface area (Å²) < 4.78 is 10.1. The summed E-state index contributed by atoms with van der Waals surface area (Å²) in [6.45, 7) is 7.86. The zero-order valence-corrected chi connectivity index (χ0v) is 7.72. The van der Waals surface area contributed by atoms with Crippen molar-refractivity contribution in [1.82, 2.24) is 0 Å². The number of ether oxygens (including phenoxy) is 2. The summed E-state index contributed by atoms with van der Waals surface area (Å²) in [7, 11) is 1.59. The predicted octanol–water partition coefficient (Wildman–Crippen LogP) is 1.14. The molecule has 1 heterocycles. The van der Waals surface area contributed by atoms with E-state index in [1.807, 2.05) is 13.8 Å². The van der Waals surface area contributed by atoms with Gasteiger partial charge in [0.1, 0.15) is 5.60 Å². The Morgan fingerprint density at radius 1 is 1.75 bits per heavy atom. The van der Waals surface area contributed by atoms with Crippen molar-refractivity contribution in [2.45, 2.75) is 19.4 Å². The number of carbonyl (C=O) groups excluding carboxylic acids is 1. The SMILES string of the molecule is C=C1C(=O)OC(C)(COC)C1C. The normalized spacial score (nSPS) is 35.4. The van der Waals surface area contributed by atoms with Crippen LogP contribution in [0.25, 0.3) is 0 Å². The van der Waals surface area contributed by atoms with E-state index < -0.39 is 5.60 Å². The number of esters is 1. The molecular formula is C9H14O3. The van der Waals surface area contributed by atoms with Crippen molar-refractivity contribution in [3.63, 3.8) is 0 Å². The second kappa shape index (κ2) is 2.90. The summed E-state index contributed by atoms with van der Waals surface area (Å²) in [6, 6.07) is 0. The molecule has 68 valence electrons. The Morgan fingerprint density at radius 3 is 2.67 bits per heavy atom. The van der Waals surface area contributed by atoms with Crippen LogP contribution in [0.3, 0.4) is 0 Å². The van der Waals surface area contributed by atoms with Crippen molar-refractivity contribution in [3.8, 4) is 0 Å². The maximum absolute atomic E-state index is 11.1. The van der Waals surface area contributed by atoms with Crippen molar-refractivity contribution in [3.05, 3.63) is 12.2 Å². The van der Waals surface area contributed by atoms with Gasteiger partial charge in [-0.25, -0.2) is 4.79 Å².